The van der Waals surface area contributed by atoms with Crippen molar-refractivity contribution in [2.24, 2.45) is 0 Å². The first kappa shape index (κ1) is 39.1. The molecular weight excluding hydrogens is 654 g/mol. The molecule has 0 saturated carbocycles. The fraction of sp³-hybridized carbons (Fsp3) is 0.938. The maximum absolute atomic E-state index is 12.7. The van der Waals surface area contributed by atoms with E-state index < -0.39 is 36.8 Å². The van der Waals surface area contributed by atoms with Gasteiger partial charge in [-0.05, 0) is 0 Å². The van der Waals surface area contributed by atoms with Crippen molar-refractivity contribution in [3.63, 3.8) is 0 Å². The van der Waals surface area contributed by atoms with Crippen LogP contribution in [0.4, 0.5) is 0 Å². The summed E-state index contributed by atoms with van der Waals surface area (Å²) in [6.07, 6.45) is 19.3. The van der Waals surface area contributed by atoms with Crippen molar-refractivity contribution in [1.29, 1.82) is 0 Å². The van der Waals surface area contributed by atoms with E-state index in [9.17, 15) is 9.59 Å². The Morgan fingerprint density at radius 2 is 0.556 bits per heavy atom. The van der Waals surface area contributed by atoms with Gasteiger partial charge in [-0.15, -0.1) is 0 Å². The maximum atomic E-state index is 12.7. The molecule has 2 nitrogen and oxygen atoms in total. The van der Waals surface area contributed by atoms with Crippen LogP contribution in [0.3, 0.4) is 0 Å². The van der Waals surface area contributed by atoms with Crippen LogP contribution in [0.15, 0.2) is 0 Å². The van der Waals surface area contributed by atoms with Crippen molar-refractivity contribution in [3.8, 4) is 0 Å². The van der Waals surface area contributed by atoms with Crippen molar-refractivity contribution in [1.82, 2.24) is 0 Å². The van der Waals surface area contributed by atoms with Gasteiger partial charge in [0.25, 0.3) is 0 Å². The molecular formula is C32H68O2Sn2. The molecule has 0 aromatic rings. The zero-order chi connectivity index (χ0) is 27.7. The Labute approximate surface area is 237 Å². The molecule has 0 unspecified atom stereocenters. The summed E-state index contributed by atoms with van der Waals surface area (Å²) < 4.78 is 9.56. The molecule has 0 amide bonds. The summed E-state index contributed by atoms with van der Waals surface area (Å²) in [5, 5.41) is 0. The Bertz CT molecular complexity index is 429. The predicted molar refractivity (Wildman–Crippen MR) is 170 cm³/mol. The van der Waals surface area contributed by atoms with Crippen molar-refractivity contribution in [2.45, 2.75) is 185 Å². The van der Waals surface area contributed by atoms with E-state index >= 15 is 0 Å². The van der Waals surface area contributed by atoms with Gasteiger partial charge in [-0.2, -0.15) is 0 Å². The average Bonchev–Trinajstić information content (AvgIpc) is 2.89. The molecule has 4 heteroatoms. The van der Waals surface area contributed by atoms with Gasteiger partial charge in [-0.3, -0.25) is 0 Å². The third-order valence-electron chi connectivity index (χ3n) is 8.19. The number of rotatable bonds is 24. The molecule has 0 aliphatic heterocycles. The second kappa shape index (κ2) is 26.2. The zero-order valence-corrected chi connectivity index (χ0v) is 32.1. The van der Waals surface area contributed by atoms with Gasteiger partial charge in [-0.25, -0.2) is 0 Å². The van der Waals surface area contributed by atoms with Gasteiger partial charge in [-0.1, -0.05) is 0 Å². The third kappa shape index (κ3) is 16.8. The van der Waals surface area contributed by atoms with Crippen LogP contribution in [-0.4, -0.2) is 44.4 Å². The van der Waals surface area contributed by atoms with E-state index in [4.69, 9.17) is 0 Å². The minimum absolute atomic E-state index is 0.766. The molecule has 0 heterocycles. The monoisotopic (exact) mass is 724 g/mol. The second-order valence-electron chi connectivity index (χ2n) is 11.5. The summed E-state index contributed by atoms with van der Waals surface area (Å²) in [6.45, 7) is 17.9. The fourth-order valence-electron chi connectivity index (χ4n) is 5.66. The van der Waals surface area contributed by atoms with Crippen LogP contribution >= 0.6 is 0 Å². The molecule has 0 aliphatic rings. The van der Waals surface area contributed by atoms with Crippen LogP contribution < -0.4 is 0 Å². The SMILES string of the molecule is CCC[CH2][Sn]([CH2]CCC)([CH2]CCC)[C](=O)CCC.CCC[CH2][Sn]([CH2]CCC)([CH2]CCC)[C](=O)CCC. The summed E-state index contributed by atoms with van der Waals surface area (Å²) in [5.41, 5.74) is 0. The van der Waals surface area contributed by atoms with Crippen LogP contribution in [-0.2, 0) is 9.59 Å². The Morgan fingerprint density at radius 1 is 0.361 bits per heavy atom. The standard InChI is InChI=1S/2C4H7O.6C4H9.2Sn/c2*1-2-3-4-5;6*1-3-4-2;;/h2*2-3H2,1H3;6*1,3-4H2,2H3;;. The summed E-state index contributed by atoms with van der Waals surface area (Å²) in [7, 11) is 0. The molecule has 0 fully saturated rings. The molecule has 0 aliphatic carbocycles. The summed E-state index contributed by atoms with van der Waals surface area (Å²) in [5.74, 6) is 0. The van der Waals surface area contributed by atoms with Crippen molar-refractivity contribution in [2.75, 3.05) is 0 Å². The van der Waals surface area contributed by atoms with Crippen LogP contribution in [0.25, 0.3) is 0 Å². The quantitative estimate of drug-likeness (QED) is 0.0930. The van der Waals surface area contributed by atoms with E-state index in [1.807, 2.05) is 0 Å². The molecule has 0 N–H and O–H groups in total. The first-order chi connectivity index (χ1) is 17.3. The average molecular weight is 722 g/mol. The molecule has 36 heavy (non-hydrogen) atoms. The van der Waals surface area contributed by atoms with Crippen molar-refractivity contribution >= 4 is 44.4 Å². The first-order valence-corrected chi connectivity index (χ1v) is 31.4. The van der Waals surface area contributed by atoms with Crippen molar-refractivity contribution < 1.29 is 9.59 Å². The molecule has 0 aromatic heterocycles. The van der Waals surface area contributed by atoms with Crippen LogP contribution in [0, 0.1) is 0 Å². The molecule has 0 rings (SSSR count). The number of hydrogen-bond acceptors (Lipinski definition) is 2. The minimum atomic E-state index is -2.47. The van der Waals surface area contributed by atoms with Gasteiger partial charge >= 0.3 is 239 Å². The number of carbonyl (C=O) groups is 2. The summed E-state index contributed by atoms with van der Waals surface area (Å²) in [4.78, 5) is 25.4. The van der Waals surface area contributed by atoms with Crippen molar-refractivity contribution in [3.05, 3.63) is 0 Å². The van der Waals surface area contributed by atoms with E-state index in [1.54, 1.807) is 0 Å². The molecule has 0 aromatic carbocycles. The molecule has 216 valence electrons. The van der Waals surface area contributed by atoms with Gasteiger partial charge in [0.1, 0.15) is 0 Å². The summed E-state index contributed by atoms with van der Waals surface area (Å²) >= 11 is -4.93. The fourth-order valence-corrected chi connectivity index (χ4v) is 36.8. The number of hydrogen-bond donors (Lipinski definition) is 0. The molecule has 0 bridgehead atoms. The molecule has 0 saturated heterocycles. The summed E-state index contributed by atoms with van der Waals surface area (Å²) in [6, 6.07) is 0. The molecule has 0 radical (unpaired) electrons. The van der Waals surface area contributed by atoms with Gasteiger partial charge in [0.05, 0.1) is 0 Å². The van der Waals surface area contributed by atoms with E-state index in [0.29, 0.717) is 0 Å². The number of unbranched alkanes of at least 4 members (excludes halogenated alkanes) is 6. The van der Waals surface area contributed by atoms with E-state index in [-0.39, 0.29) is 0 Å². The zero-order valence-electron chi connectivity index (χ0n) is 26.4. The van der Waals surface area contributed by atoms with Gasteiger partial charge in [0.15, 0.2) is 0 Å². The van der Waals surface area contributed by atoms with Gasteiger partial charge in [0.2, 0.25) is 0 Å². The molecule has 0 spiro atoms. The van der Waals surface area contributed by atoms with E-state index in [2.05, 4.69) is 55.4 Å². The Morgan fingerprint density at radius 3 is 0.694 bits per heavy atom. The predicted octanol–water partition coefficient (Wildman–Crippen LogP) is 11.5. The Balaban J connectivity index is 0. The third-order valence-corrected chi connectivity index (χ3v) is 38.8. The Hall–Kier alpha value is 0.937. The van der Waals surface area contributed by atoms with Gasteiger partial charge < -0.3 is 0 Å². The number of carbonyl (C=O) groups excluding carboxylic acids is 2. The van der Waals surface area contributed by atoms with Crippen LogP contribution in [0.5, 0.6) is 0 Å². The molecule has 0 atom stereocenters. The van der Waals surface area contributed by atoms with Crippen LogP contribution in [0.1, 0.15) is 158 Å². The Kier molecular flexibility index (Phi) is 28.4. The van der Waals surface area contributed by atoms with E-state index in [0.717, 1.165) is 33.3 Å². The van der Waals surface area contributed by atoms with Crippen LogP contribution in [0.2, 0.25) is 26.6 Å². The van der Waals surface area contributed by atoms with Gasteiger partial charge in [0, 0.05) is 0 Å². The first-order valence-electron chi connectivity index (χ1n) is 16.4. The normalized spacial score (nSPS) is 11.8. The second-order valence-corrected chi connectivity index (χ2v) is 37.9. The topological polar surface area (TPSA) is 34.1 Å². The van der Waals surface area contributed by atoms with E-state index in [1.165, 1.54) is 104 Å².